The van der Waals surface area contributed by atoms with E-state index in [1.165, 1.54) is 37.2 Å². The number of nitrogens with one attached hydrogen (secondary N) is 7. The molecule has 0 unspecified atom stereocenters. The molecule has 2 aromatic carbocycles. The van der Waals surface area contributed by atoms with Gasteiger partial charge in [-0.15, -0.1) is 0 Å². The molecule has 0 spiro atoms. The first-order valence-electron chi connectivity index (χ1n) is 39.7. The van der Waals surface area contributed by atoms with Crippen LogP contribution in [0.2, 0.25) is 0 Å². The Kier molecular flexibility index (Phi) is 41.3. The molecule has 17 N–H and O–H groups in total. The SMILES string of the molecule is CC[C@H](C)C[C@H](C)CCCCCCCCC(=O)C[C@H]1C[C@@H](O)[C@@H](NCCN)NC(=O)[C@@H]2[C@@H](O)CCN2C(=O)[C@H]([C@H](O)CCNC(=O)CCNC(=O)[C@@H](CC(=O)[C@H](CC(C)C)NC(=O)[C@@H](CC=O)CCSC)Cc2ccccc2)NC(=O)[C@H]([C@H](O)[C@@H](O)c2ccc(O)cc2)CC(=O)[C@@H]2C[C@@H](O)CN2C(=O)[C@H]([C@@H](C)O)NC1=O. The number of amides is 8. The molecule has 0 radical (unpaired) electrons. The van der Waals surface area contributed by atoms with Gasteiger partial charge >= 0.3 is 0 Å². The van der Waals surface area contributed by atoms with Gasteiger partial charge in [-0.05, 0) is 111 Å². The van der Waals surface area contributed by atoms with Gasteiger partial charge in [0, 0.05) is 102 Å². The molecule has 30 nitrogen and oxygen atoms in total. The highest BCUT2D eigenvalue weighted by molar-refractivity contribution is 7.98. The average Bonchev–Trinajstić information content (AvgIpc) is 1.45. The predicted octanol–water partition coefficient (Wildman–Crippen LogP) is 1.84. The van der Waals surface area contributed by atoms with Crippen molar-refractivity contribution in [2.24, 2.45) is 47.2 Å². The second kappa shape index (κ2) is 48.7. The average molecular weight is 1580 g/mol. The molecule has 622 valence electrons. The fourth-order valence-electron chi connectivity index (χ4n) is 14.8. The number of ketones is 3. The van der Waals surface area contributed by atoms with Gasteiger partial charge in [0.1, 0.15) is 48.2 Å². The van der Waals surface area contributed by atoms with Crippen molar-refractivity contribution in [2.45, 2.75) is 262 Å². The number of aldehydes is 1. The Balaban J connectivity index is 1.46. The molecular formula is C80H126N10O20S. The van der Waals surface area contributed by atoms with E-state index in [0.29, 0.717) is 43.1 Å². The van der Waals surface area contributed by atoms with Gasteiger partial charge in [-0.1, -0.05) is 122 Å². The van der Waals surface area contributed by atoms with Crippen LogP contribution in [0.1, 0.15) is 194 Å². The van der Waals surface area contributed by atoms with E-state index in [4.69, 9.17) is 5.73 Å². The molecule has 0 saturated carbocycles. The van der Waals surface area contributed by atoms with Crippen molar-refractivity contribution in [1.82, 2.24) is 47.0 Å². The molecule has 5 rings (SSSR count). The minimum absolute atomic E-state index is 0.0315. The molecule has 0 aliphatic carbocycles. The summed E-state index contributed by atoms with van der Waals surface area (Å²) in [5, 5.41) is 111. The Morgan fingerprint density at radius 3 is 2.02 bits per heavy atom. The number of hydrogen-bond acceptors (Lipinski definition) is 23. The number of aromatic hydroxyl groups is 1. The van der Waals surface area contributed by atoms with Crippen LogP contribution in [0.4, 0.5) is 0 Å². The molecule has 3 fully saturated rings. The quantitative estimate of drug-likeness (QED) is 0.0333. The zero-order valence-electron chi connectivity index (χ0n) is 65.7. The number of carbonyl (C=O) groups is 12. The van der Waals surface area contributed by atoms with Gasteiger partial charge in [0.05, 0.1) is 54.6 Å². The summed E-state index contributed by atoms with van der Waals surface area (Å²) in [6.07, 6.45) is -6.76. The number of Topliss-reactive ketones (excluding diaryl/α,β-unsaturated/α-hetero) is 3. The molecule has 8 amide bonds. The fraction of sp³-hybridized carbons (Fsp3) is 0.700. The number of unbranched alkanes of at least 4 members (excludes halogenated alkanes) is 5. The number of hydrogen-bond donors (Lipinski definition) is 16. The van der Waals surface area contributed by atoms with Crippen molar-refractivity contribution in [3.63, 3.8) is 0 Å². The number of aliphatic hydroxyl groups is 7. The Hall–Kier alpha value is -7.33. The summed E-state index contributed by atoms with van der Waals surface area (Å²) in [6.45, 7) is 9.80. The first-order valence-corrected chi connectivity index (χ1v) is 41.1. The number of fused-ring (bicyclic) bond motifs is 2. The lowest BCUT2D eigenvalue weighted by molar-refractivity contribution is -0.149. The lowest BCUT2D eigenvalue weighted by atomic mass is 9.86. The molecule has 3 aliphatic heterocycles. The van der Waals surface area contributed by atoms with Crippen LogP contribution in [0, 0.1) is 41.4 Å². The van der Waals surface area contributed by atoms with Crippen molar-refractivity contribution in [3.05, 3.63) is 65.7 Å². The maximum Gasteiger partial charge on any atom is 0.248 e. The number of rotatable bonds is 43. The third-order valence-corrected chi connectivity index (χ3v) is 22.1. The highest BCUT2D eigenvalue weighted by Crippen LogP contribution is 2.32. The first kappa shape index (κ1) is 94.3. The van der Waals surface area contributed by atoms with E-state index in [0.717, 1.165) is 66.0 Å². The molecule has 3 aliphatic rings. The van der Waals surface area contributed by atoms with Gasteiger partial charge in [0.15, 0.2) is 11.6 Å². The number of nitrogens with two attached hydrogens (primary N) is 1. The molecule has 2 aromatic rings. The van der Waals surface area contributed by atoms with E-state index < -0.39 is 213 Å². The van der Waals surface area contributed by atoms with Gasteiger partial charge < -0.3 is 93.1 Å². The summed E-state index contributed by atoms with van der Waals surface area (Å²) in [6, 6.07) is 5.08. The maximum atomic E-state index is 15.4. The van der Waals surface area contributed by atoms with E-state index in [-0.39, 0.29) is 87.6 Å². The normalized spacial score (nSPS) is 24.3. The van der Waals surface area contributed by atoms with Crippen LogP contribution in [0.15, 0.2) is 54.6 Å². The smallest absolute Gasteiger partial charge is 0.248 e. The molecule has 111 heavy (non-hydrogen) atoms. The fourth-order valence-corrected chi connectivity index (χ4v) is 15.3. The van der Waals surface area contributed by atoms with Crippen LogP contribution in [0.3, 0.4) is 0 Å². The summed E-state index contributed by atoms with van der Waals surface area (Å²) in [5.41, 5.74) is 6.54. The highest BCUT2D eigenvalue weighted by Gasteiger charge is 2.49. The van der Waals surface area contributed by atoms with Gasteiger partial charge in [-0.2, -0.15) is 11.8 Å². The number of nitrogens with zero attached hydrogens (tertiary/aromatic N) is 2. The van der Waals surface area contributed by atoms with Crippen molar-refractivity contribution in [2.75, 3.05) is 51.3 Å². The van der Waals surface area contributed by atoms with Crippen molar-refractivity contribution >= 4 is 82.7 Å². The lowest BCUT2D eigenvalue weighted by Gasteiger charge is -2.35. The number of phenolic OH excluding ortho intramolecular Hbond substituents is 1. The maximum absolute atomic E-state index is 15.4. The zero-order valence-corrected chi connectivity index (χ0v) is 66.5. The molecule has 3 heterocycles. The first-order chi connectivity index (χ1) is 52.8. The standard InChI is InChI=1S/C80H126N10O20S/c1-8-48(4)39-49(5)18-14-11-9-10-12-17-21-57(94)41-55-43-66(100)73(83-34-31-81)88-78(108)70-63(97)28-35-89(70)80(110)69(87-77(107)59(72(103)71(102)52-22-24-56(93)25-23-52)45-65(99)61-44-58(95)46-90(61)79(109)68(50(6)92)86-76(55)106)62(96)26-32-82-67(101)27-33-84-74(104)54(40-51-19-15-13-16-20-51)42-64(98)60(38-47(2)3)85-75(105)53(29-36-91)30-37-111-7/h13,15-16,19-20,22-25,36,47-50,53-55,58-63,66,68-73,83,92-93,95-97,100,102-103H,8-12,14,17-18,21,26-35,37-46,81H2,1-7H3,(H,82,101)(H,84,104)(H,85,105)(H,86,106)(H,87,107)(H,88,108)/t48-,49+,50+,53-,54+,55-,58+,59-,60-,61-,62+,63-,66+,68-,69-,70-,71-,72-,73-/m0/s1. The second-order valence-electron chi connectivity index (χ2n) is 31.1. The molecule has 0 bridgehead atoms. The second-order valence-corrected chi connectivity index (χ2v) is 32.1. The third kappa shape index (κ3) is 30.8. The Morgan fingerprint density at radius 2 is 1.37 bits per heavy atom. The Morgan fingerprint density at radius 1 is 0.703 bits per heavy atom. The molecule has 19 atom stereocenters. The topological polar surface area (TPSA) is 483 Å². The molecular weight excluding hydrogens is 1450 g/mol. The van der Waals surface area contributed by atoms with Gasteiger partial charge in [-0.3, -0.25) is 58.1 Å². The number of phenols is 1. The van der Waals surface area contributed by atoms with Crippen LogP contribution < -0.4 is 43.0 Å². The van der Waals surface area contributed by atoms with Crippen molar-refractivity contribution in [3.8, 4) is 5.75 Å². The van der Waals surface area contributed by atoms with E-state index in [1.54, 1.807) is 30.3 Å². The lowest BCUT2D eigenvalue weighted by Crippen LogP contribution is -2.63. The van der Waals surface area contributed by atoms with Crippen molar-refractivity contribution in [1.29, 1.82) is 0 Å². The number of thioether (sulfide) groups is 1. The Bertz CT molecular complexity index is 3300. The highest BCUT2D eigenvalue weighted by atomic mass is 32.2. The Labute approximate surface area is 656 Å². The van der Waals surface area contributed by atoms with Gasteiger partial charge in [0.2, 0.25) is 47.3 Å². The van der Waals surface area contributed by atoms with E-state index in [9.17, 15) is 88.8 Å². The monoisotopic (exact) mass is 1580 g/mol. The van der Waals surface area contributed by atoms with Gasteiger partial charge in [-0.25, -0.2) is 0 Å². The van der Waals surface area contributed by atoms with Crippen LogP contribution in [0.5, 0.6) is 5.75 Å². The minimum Gasteiger partial charge on any atom is -0.508 e. The van der Waals surface area contributed by atoms with E-state index in [2.05, 4.69) is 58.0 Å². The van der Waals surface area contributed by atoms with Crippen LogP contribution in [-0.4, -0.2) is 246 Å². The number of aliphatic hydroxyl groups excluding tert-OH is 7. The van der Waals surface area contributed by atoms with E-state index >= 15 is 9.59 Å². The zero-order chi connectivity index (χ0) is 82.0. The minimum atomic E-state index is -2.29. The predicted molar refractivity (Wildman–Crippen MR) is 416 cm³/mol. The number of carbonyl (C=O) groups excluding carboxylic acids is 12. The molecule has 31 heteroatoms. The van der Waals surface area contributed by atoms with Crippen LogP contribution >= 0.6 is 11.8 Å². The van der Waals surface area contributed by atoms with Crippen LogP contribution in [0.25, 0.3) is 0 Å². The largest absolute Gasteiger partial charge is 0.508 e. The molecule has 0 aromatic heterocycles. The van der Waals surface area contributed by atoms with Gasteiger partial charge in [0.25, 0.3) is 0 Å². The third-order valence-electron chi connectivity index (χ3n) is 21.4. The van der Waals surface area contributed by atoms with Crippen molar-refractivity contribution < 1.29 is 98.4 Å². The summed E-state index contributed by atoms with van der Waals surface area (Å²) < 4.78 is 0. The summed E-state index contributed by atoms with van der Waals surface area (Å²) >= 11 is 1.51. The summed E-state index contributed by atoms with van der Waals surface area (Å²) in [5.74, 6) is -13.0. The summed E-state index contributed by atoms with van der Waals surface area (Å²) in [4.78, 5) is 173. The van der Waals surface area contributed by atoms with Crippen LogP contribution in [-0.2, 0) is 64.0 Å². The van der Waals surface area contributed by atoms with E-state index in [1.807, 2.05) is 20.1 Å². The number of benzene rings is 2. The molecule has 3 saturated heterocycles. The summed E-state index contributed by atoms with van der Waals surface area (Å²) in [7, 11) is 0.